The summed E-state index contributed by atoms with van der Waals surface area (Å²) in [6.45, 7) is 0. The molecule has 2 aliphatic carbocycles. The molecule has 0 aromatic carbocycles. The number of hydrogen-bond acceptors (Lipinski definition) is 2. The summed E-state index contributed by atoms with van der Waals surface area (Å²) in [4.78, 5) is 15.3. The van der Waals surface area contributed by atoms with Crippen LogP contribution in [0.2, 0.25) is 0 Å². The molecule has 0 radical (unpaired) electrons. The molecule has 4 atom stereocenters. The maximum atomic E-state index is 11.4. The molecule has 0 unspecified atom stereocenters. The Hall–Kier alpha value is -0.860. The van der Waals surface area contributed by atoms with Crippen molar-refractivity contribution in [3.8, 4) is 0 Å². The Kier molecular flexibility index (Phi) is 1.05. The van der Waals surface area contributed by atoms with Gasteiger partial charge in [0.1, 0.15) is 5.84 Å². The van der Waals surface area contributed by atoms with Crippen molar-refractivity contribution in [2.45, 2.75) is 19.3 Å². The van der Waals surface area contributed by atoms with E-state index in [1.165, 1.54) is 19.3 Å². The summed E-state index contributed by atoms with van der Waals surface area (Å²) in [7, 11) is 0. The first-order valence-electron chi connectivity index (χ1n) is 4.65. The second kappa shape index (κ2) is 1.90. The maximum absolute atomic E-state index is 11.4. The van der Waals surface area contributed by atoms with E-state index in [1.807, 2.05) is 0 Å². The van der Waals surface area contributed by atoms with Gasteiger partial charge >= 0.3 is 0 Å². The number of nitrogens with two attached hydrogens (primary N) is 1. The number of amides is 1. The van der Waals surface area contributed by atoms with Gasteiger partial charge in [0.25, 0.3) is 5.91 Å². The highest BCUT2D eigenvalue weighted by atomic mass is 16.1. The highest BCUT2D eigenvalue weighted by Gasteiger charge is 2.55. The molecule has 2 fully saturated rings. The molecule has 2 saturated carbocycles. The smallest absolute Gasteiger partial charge is 0.251 e. The lowest BCUT2D eigenvalue weighted by atomic mass is 9.80. The van der Waals surface area contributed by atoms with E-state index in [9.17, 15) is 4.79 Å². The number of hydrogen-bond donors (Lipinski definition) is 1. The van der Waals surface area contributed by atoms with E-state index in [0.29, 0.717) is 23.6 Å². The molecule has 2 N–H and O–H groups in total. The summed E-state index contributed by atoms with van der Waals surface area (Å²) >= 11 is 0. The zero-order valence-corrected chi connectivity index (χ0v) is 6.86. The van der Waals surface area contributed by atoms with Gasteiger partial charge in [0, 0.05) is 5.92 Å². The molecule has 12 heavy (non-hydrogen) atoms. The number of carbonyl (C=O) groups is 1. The number of carbonyl (C=O) groups excluding carboxylic acids is 1. The van der Waals surface area contributed by atoms with Crippen molar-refractivity contribution in [1.82, 2.24) is 0 Å². The second-order valence-corrected chi connectivity index (χ2v) is 4.26. The molecular weight excluding hydrogens is 152 g/mol. The zero-order chi connectivity index (χ0) is 8.29. The molecule has 3 rings (SSSR count). The summed E-state index contributed by atoms with van der Waals surface area (Å²) in [6, 6.07) is 0. The maximum Gasteiger partial charge on any atom is 0.251 e. The van der Waals surface area contributed by atoms with E-state index >= 15 is 0 Å². The van der Waals surface area contributed by atoms with Crippen LogP contribution in [0.4, 0.5) is 0 Å². The lowest BCUT2D eigenvalue weighted by Gasteiger charge is -2.22. The molecule has 0 aromatic rings. The fourth-order valence-corrected chi connectivity index (χ4v) is 3.35. The third-order valence-corrected chi connectivity index (χ3v) is 3.78. The fraction of sp³-hybridized carbons (Fsp3) is 0.778. The van der Waals surface area contributed by atoms with Gasteiger partial charge in [-0.25, -0.2) is 4.99 Å². The molecule has 1 amide bonds. The molecule has 1 heterocycles. The average Bonchev–Trinajstić information content (AvgIpc) is 2.64. The number of fused-ring (bicyclic) bond motifs is 5. The van der Waals surface area contributed by atoms with Gasteiger partial charge < -0.3 is 5.73 Å². The lowest BCUT2D eigenvalue weighted by molar-refractivity contribution is -0.122. The van der Waals surface area contributed by atoms with Crippen LogP contribution in [0.15, 0.2) is 4.99 Å². The molecule has 3 nitrogen and oxygen atoms in total. The first-order valence-corrected chi connectivity index (χ1v) is 4.65. The summed E-state index contributed by atoms with van der Waals surface area (Å²) in [5, 5.41) is 0. The van der Waals surface area contributed by atoms with Crippen molar-refractivity contribution in [1.29, 1.82) is 0 Å². The van der Waals surface area contributed by atoms with Crippen LogP contribution in [-0.4, -0.2) is 11.7 Å². The van der Waals surface area contributed by atoms with Crippen LogP contribution in [0.25, 0.3) is 0 Å². The summed E-state index contributed by atoms with van der Waals surface area (Å²) in [6.07, 6.45) is 3.70. The van der Waals surface area contributed by atoms with Crippen LogP contribution in [0.3, 0.4) is 0 Å². The Morgan fingerprint density at radius 3 is 2.58 bits per heavy atom. The predicted octanol–water partition coefficient (Wildman–Crippen LogP) is 0.546. The van der Waals surface area contributed by atoms with Gasteiger partial charge in [-0.3, -0.25) is 4.79 Å². The third kappa shape index (κ3) is 0.586. The Morgan fingerprint density at radius 2 is 1.92 bits per heavy atom. The van der Waals surface area contributed by atoms with E-state index in [1.54, 1.807) is 0 Å². The zero-order valence-electron chi connectivity index (χ0n) is 6.86. The van der Waals surface area contributed by atoms with Gasteiger partial charge in [-0.2, -0.15) is 0 Å². The largest absolute Gasteiger partial charge is 0.387 e. The summed E-state index contributed by atoms with van der Waals surface area (Å²) in [5.74, 6) is 2.48. The highest BCUT2D eigenvalue weighted by Crippen LogP contribution is 2.54. The van der Waals surface area contributed by atoms with Crippen molar-refractivity contribution < 1.29 is 4.79 Å². The van der Waals surface area contributed by atoms with Crippen molar-refractivity contribution in [2.75, 3.05) is 0 Å². The number of aliphatic imine (C=N–C) groups is 1. The van der Waals surface area contributed by atoms with Crippen LogP contribution in [-0.2, 0) is 4.79 Å². The van der Waals surface area contributed by atoms with Crippen molar-refractivity contribution >= 4 is 11.7 Å². The summed E-state index contributed by atoms with van der Waals surface area (Å²) in [5.41, 5.74) is 5.73. The Labute approximate surface area is 71.0 Å². The van der Waals surface area contributed by atoms with Gasteiger partial charge in [-0.15, -0.1) is 0 Å². The quantitative estimate of drug-likeness (QED) is 0.568. The van der Waals surface area contributed by atoms with Crippen molar-refractivity contribution in [2.24, 2.45) is 34.4 Å². The standard InChI is InChI=1S/C9H12N2O/c10-8-6-4-1-2-5(3-4)7(6)9(12)11-8/h4-7H,1-3H2,(H2,10,11,12)/t4-,5+,6+,7-/m0/s1. The van der Waals surface area contributed by atoms with Crippen LogP contribution in [0.1, 0.15) is 19.3 Å². The van der Waals surface area contributed by atoms with Crippen molar-refractivity contribution in [3.63, 3.8) is 0 Å². The SMILES string of the molecule is NC1=NC(=O)[C@H]2[C@@H]3CC[C@@H](C3)[C@@H]12. The monoisotopic (exact) mass is 164 g/mol. The molecular formula is C9H12N2O. The Bertz CT molecular complexity index is 284. The topological polar surface area (TPSA) is 55.4 Å². The molecule has 2 bridgehead atoms. The molecule has 3 heteroatoms. The van der Waals surface area contributed by atoms with Crippen LogP contribution in [0.5, 0.6) is 0 Å². The number of nitrogens with zero attached hydrogens (tertiary/aromatic N) is 1. The first kappa shape index (κ1) is 6.63. The van der Waals surface area contributed by atoms with E-state index in [-0.39, 0.29) is 11.8 Å². The second-order valence-electron chi connectivity index (χ2n) is 4.26. The van der Waals surface area contributed by atoms with Gasteiger partial charge in [0.15, 0.2) is 0 Å². The molecule has 3 aliphatic rings. The van der Waals surface area contributed by atoms with Crippen molar-refractivity contribution in [3.05, 3.63) is 0 Å². The predicted molar refractivity (Wildman–Crippen MR) is 44.4 cm³/mol. The van der Waals surface area contributed by atoms with Gasteiger partial charge in [-0.05, 0) is 31.1 Å². The minimum absolute atomic E-state index is 0.0599. The first-order chi connectivity index (χ1) is 5.77. The molecule has 0 spiro atoms. The van der Waals surface area contributed by atoms with Gasteiger partial charge in [0.2, 0.25) is 0 Å². The summed E-state index contributed by atoms with van der Waals surface area (Å²) < 4.78 is 0. The fourth-order valence-electron chi connectivity index (χ4n) is 3.35. The van der Waals surface area contributed by atoms with Gasteiger partial charge in [0.05, 0.1) is 5.92 Å². The minimum atomic E-state index is 0.0599. The van der Waals surface area contributed by atoms with E-state index in [4.69, 9.17) is 5.73 Å². The molecule has 0 saturated heterocycles. The van der Waals surface area contributed by atoms with E-state index < -0.39 is 0 Å². The normalized spacial score (nSPS) is 49.7. The molecule has 1 aliphatic heterocycles. The Morgan fingerprint density at radius 1 is 1.25 bits per heavy atom. The minimum Gasteiger partial charge on any atom is -0.387 e. The Balaban J connectivity index is 2.03. The van der Waals surface area contributed by atoms with Crippen LogP contribution in [0, 0.1) is 23.7 Å². The van der Waals surface area contributed by atoms with Crippen LogP contribution >= 0.6 is 0 Å². The number of rotatable bonds is 0. The van der Waals surface area contributed by atoms with E-state index in [0.717, 1.165) is 0 Å². The average molecular weight is 164 g/mol. The van der Waals surface area contributed by atoms with E-state index in [2.05, 4.69) is 4.99 Å². The van der Waals surface area contributed by atoms with Crippen LogP contribution < -0.4 is 5.73 Å². The third-order valence-electron chi connectivity index (χ3n) is 3.78. The molecule has 0 aromatic heterocycles. The highest BCUT2D eigenvalue weighted by molar-refractivity contribution is 6.04. The van der Waals surface area contributed by atoms with Gasteiger partial charge in [-0.1, -0.05) is 0 Å². The number of amidine groups is 1. The molecule has 64 valence electrons. The lowest BCUT2D eigenvalue weighted by Crippen LogP contribution is -2.31.